The number of methoxy groups -OCH3 is 1. The zero-order valence-corrected chi connectivity index (χ0v) is 16.7. The number of nitrogens with zero attached hydrogens (tertiary/aromatic N) is 1. The Morgan fingerprint density at radius 2 is 1.71 bits per heavy atom. The number of benzene rings is 2. The highest BCUT2D eigenvalue weighted by Gasteiger charge is 2.46. The predicted octanol–water partition coefficient (Wildman–Crippen LogP) is 4.43. The summed E-state index contributed by atoms with van der Waals surface area (Å²) in [6, 6.07) is 13.0. The zero-order valence-electron chi connectivity index (χ0n) is 16.0. The van der Waals surface area contributed by atoms with E-state index in [-0.39, 0.29) is 17.3 Å². The van der Waals surface area contributed by atoms with E-state index in [0.717, 1.165) is 5.56 Å². The first-order valence-corrected chi connectivity index (χ1v) is 9.39. The van der Waals surface area contributed by atoms with Crippen LogP contribution in [0.2, 0.25) is 5.02 Å². The van der Waals surface area contributed by atoms with E-state index in [9.17, 15) is 14.7 Å². The molecule has 1 N–H and O–H groups in total. The van der Waals surface area contributed by atoms with Crippen molar-refractivity contribution < 1.29 is 19.4 Å². The molecule has 1 atom stereocenters. The van der Waals surface area contributed by atoms with Gasteiger partial charge in [-0.1, -0.05) is 37.6 Å². The summed E-state index contributed by atoms with van der Waals surface area (Å²) in [5, 5.41) is 11.4. The van der Waals surface area contributed by atoms with Gasteiger partial charge in [-0.05, 0) is 47.9 Å². The van der Waals surface area contributed by atoms with Crippen LogP contribution in [0.25, 0.3) is 5.76 Å². The van der Waals surface area contributed by atoms with Crippen molar-refractivity contribution in [2.45, 2.75) is 19.9 Å². The molecule has 0 spiro atoms. The average molecular weight is 400 g/mol. The Morgan fingerprint density at radius 3 is 2.25 bits per heavy atom. The normalized spacial score (nSPS) is 18.8. The number of likely N-dealkylation sites (tertiary alicyclic amines) is 1. The van der Waals surface area contributed by atoms with Gasteiger partial charge in [0.05, 0.1) is 18.7 Å². The Bertz CT molecular complexity index is 917. The second-order valence-electron chi connectivity index (χ2n) is 7.13. The van der Waals surface area contributed by atoms with Gasteiger partial charge in [0.25, 0.3) is 11.7 Å². The van der Waals surface area contributed by atoms with Gasteiger partial charge in [0.15, 0.2) is 0 Å². The molecule has 0 radical (unpaired) electrons. The van der Waals surface area contributed by atoms with Crippen LogP contribution in [0.15, 0.2) is 54.1 Å². The van der Waals surface area contributed by atoms with Crippen molar-refractivity contribution in [2.75, 3.05) is 13.7 Å². The Balaban J connectivity index is 2.16. The fourth-order valence-corrected chi connectivity index (χ4v) is 3.48. The quantitative estimate of drug-likeness (QED) is 0.459. The fraction of sp³-hybridized carbons (Fsp3) is 0.273. The third-order valence-electron chi connectivity index (χ3n) is 4.65. The molecule has 1 heterocycles. The number of ether oxygens (including phenoxy) is 1. The molecular formula is C22H22ClNO4. The van der Waals surface area contributed by atoms with Crippen molar-refractivity contribution in [1.29, 1.82) is 0 Å². The van der Waals surface area contributed by atoms with Crippen LogP contribution in [-0.2, 0) is 9.59 Å². The van der Waals surface area contributed by atoms with Gasteiger partial charge in [0.1, 0.15) is 11.5 Å². The van der Waals surface area contributed by atoms with Crippen molar-refractivity contribution in [1.82, 2.24) is 4.90 Å². The molecule has 2 aromatic carbocycles. The lowest BCUT2D eigenvalue weighted by atomic mass is 9.95. The van der Waals surface area contributed by atoms with Crippen molar-refractivity contribution >= 4 is 29.1 Å². The number of aliphatic hydroxyl groups is 1. The second kappa shape index (κ2) is 8.07. The molecular weight excluding hydrogens is 378 g/mol. The van der Waals surface area contributed by atoms with Gasteiger partial charge in [0, 0.05) is 17.1 Å². The Morgan fingerprint density at radius 1 is 1.11 bits per heavy atom. The summed E-state index contributed by atoms with van der Waals surface area (Å²) >= 11 is 5.92. The van der Waals surface area contributed by atoms with Gasteiger partial charge < -0.3 is 14.7 Å². The van der Waals surface area contributed by atoms with Crippen molar-refractivity contribution in [3.8, 4) is 5.75 Å². The van der Waals surface area contributed by atoms with Crippen LogP contribution >= 0.6 is 11.6 Å². The van der Waals surface area contributed by atoms with Crippen LogP contribution in [0.1, 0.15) is 31.0 Å². The number of carbonyl (C=O) groups excluding carboxylic acids is 2. The molecule has 0 saturated carbocycles. The lowest BCUT2D eigenvalue weighted by Gasteiger charge is -2.27. The molecule has 1 aliphatic rings. The van der Waals surface area contributed by atoms with Crippen molar-refractivity contribution in [3.63, 3.8) is 0 Å². The first kappa shape index (κ1) is 20.0. The molecule has 0 bridgehead atoms. The molecule has 1 fully saturated rings. The van der Waals surface area contributed by atoms with Gasteiger partial charge in [-0.15, -0.1) is 0 Å². The molecule has 2 aromatic rings. The van der Waals surface area contributed by atoms with Gasteiger partial charge in [0.2, 0.25) is 0 Å². The van der Waals surface area contributed by atoms with E-state index in [4.69, 9.17) is 16.3 Å². The summed E-state index contributed by atoms with van der Waals surface area (Å²) in [6.07, 6.45) is 0. The number of halogens is 1. The van der Waals surface area contributed by atoms with E-state index in [2.05, 4.69) is 0 Å². The number of hydrogen-bond acceptors (Lipinski definition) is 4. The Kier molecular flexibility index (Phi) is 5.75. The van der Waals surface area contributed by atoms with E-state index in [1.807, 2.05) is 13.8 Å². The number of carbonyl (C=O) groups is 2. The highest BCUT2D eigenvalue weighted by molar-refractivity contribution is 6.46. The summed E-state index contributed by atoms with van der Waals surface area (Å²) in [5.41, 5.74) is 1.25. The summed E-state index contributed by atoms with van der Waals surface area (Å²) in [7, 11) is 1.57. The highest BCUT2D eigenvalue weighted by Crippen LogP contribution is 2.40. The monoisotopic (exact) mass is 399 g/mol. The summed E-state index contributed by atoms with van der Waals surface area (Å²) in [4.78, 5) is 27.1. The van der Waals surface area contributed by atoms with E-state index in [0.29, 0.717) is 22.9 Å². The summed E-state index contributed by atoms with van der Waals surface area (Å²) < 4.78 is 5.20. The lowest BCUT2D eigenvalue weighted by molar-refractivity contribution is -0.140. The molecule has 0 aliphatic carbocycles. The minimum absolute atomic E-state index is 0.0816. The fourth-order valence-electron chi connectivity index (χ4n) is 3.36. The number of aliphatic hydroxyl groups excluding tert-OH is 1. The minimum atomic E-state index is -0.686. The molecule has 28 heavy (non-hydrogen) atoms. The maximum Gasteiger partial charge on any atom is 0.295 e. The second-order valence-corrected chi connectivity index (χ2v) is 7.56. The largest absolute Gasteiger partial charge is 0.507 e. The van der Waals surface area contributed by atoms with E-state index in [1.54, 1.807) is 55.6 Å². The van der Waals surface area contributed by atoms with Crippen molar-refractivity contribution in [3.05, 3.63) is 70.3 Å². The zero-order chi connectivity index (χ0) is 20.4. The first-order valence-electron chi connectivity index (χ1n) is 9.01. The number of hydrogen-bond donors (Lipinski definition) is 1. The number of rotatable bonds is 5. The van der Waals surface area contributed by atoms with Crippen LogP contribution in [0.5, 0.6) is 5.75 Å². The molecule has 1 saturated heterocycles. The number of ketones is 1. The van der Waals surface area contributed by atoms with Gasteiger partial charge >= 0.3 is 0 Å². The van der Waals surface area contributed by atoms with E-state index in [1.165, 1.54) is 4.90 Å². The third kappa shape index (κ3) is 3.76. The van der Waals surface area contributed by atoms with Gasteiger partial charge in [-0.3, -0.25) is 9.59 Å². The predicted molar refractivity (Wildman–Crippen MR) is 108 cm³/mol. The van der Waals surface area contributed by atoms with Crippen LogP contribution < -0.4 is 4.74 Å². The number of Topliss-reactive ketones (excluding diaryl/α,β-unsaturated/α-hetero) is 1. The third-order valence-corrected chi connectivity index (χ3v) is 4.90. The van der Waals surface area contributed by atoms with Crippen molar-refractivity contribution in [2.24, 2.45) is 5.92 Å². The standard InChI is InChI=1S/C22H22ClNO4/c1-13(2)12-24-19(14-6-10-17(28-3)11-7-14)18(21(26)22(24)27)20(25)15-4-8-16(23)9-5-15/h4-11,13,19,25H,12H2,1-3H3/b20-18-. The topological polar surface area (TPSA) is 66.8 Å². The molecule has 1 unspecified atom stereocenters. The maximum atomic E-state index is 12.8. The SMILES string of the molecule is COc1ccc(C2/C(=C(/O)c3ccc(Cl)cc3)C(=O)C(=O)N2CC(C)C)cc1. The molecule has 0 aromatic heterocycles. The Hall–Kier alpha value is -2.79. The molecule has 5 nitrogen and oxygen atoms in total. The van der Waals surface area contributed by atoms with Gasteiger partial charge in [-0.2, -0.15) is 0 Å². The molecule has 1 amide bonds. The molecule has 3 rings (SSSR count). The smallest absolute Gasteiger partial charge is 0.295 e. The number of amides is 1. The summed E-state index contributed by atoms with van der Waals surface area (Å²) in [6.45, 7) is 4.35. The van der Waals surface area contributed by atoms with Crippen LogP contribution in [-0.4, -0.2) is 35.4 Å². The molecule has 146 valence electrons. The van der Waals surface area contributed by atoms with Crippen LogP contribution in [0.3, 0.4) is 0 Å². The molecule has 1 aliphatic heterocycles. The minimum Gasteiger partial charge on any atom is -0.507 e. The molecule has 6 heteroatoms. The highest BCUT2D eigenvalue weighted by atomic mass is 35.5. The Labute approximate surface area is 169 Å². The van der Waals surface area contributed by atoms with E-state index >= 15 is 0 Å². The maximum absolute atomic E-state index is 12.8. The van der Waals surface area contributed by atoms with Crippen LogP contribution in [0.4, 0.5) is 0 Å². The first-order chi connectivity index (χ1) is 13.3. The lowest BCUT2D eigenvalue weighted by Crippen LogP contribution is -2.33. The van der Waals surface area contributed by atoms with Gasteiger partial charge in [-0.25, -0.2) is 0 Å². The van der Waals surface area contributed by atoms with Crippen LogP contribution in [0, 0.1) is 5.92 Å². The average Bonchev–Trinajstić information content (AvgIpc) is 2.92. The van der Waals surface area contributed by atoms with E-state index < -0.39 is 17.7 Å². The summed E-state index contributed by atoms with van der Waals surface area (Å²) in [5.74, 6) is -0.669.